The average Bonchev–Trinajstić information content (AvgIpc) is 2.76. The van der Waals surface area contributed by atoms with Crippen molar-refractivity contribution in [3.8, 4) is 11.4 Å². The monoisotopic (exact) mass is 455 g/mol. The molecule has 0 bridgehead atoms. The van der Waals surface area contributed by atoms with E-state index in [1.54, 1.807) is 42.6 Å². The van der Waals surface area contributed by atoms with Crippen molar-refractivity contribution in [3.63, 3.8) is 0 Å². The highest BCUT2D eigenvalue weighted by Gasteiger charge is 2.08. The molecule has 2 aromatic carbocycles. The fourth-order valence-corrected chi connectivity index (χ4v) is 3.27. The smallest absolute Gasteiger partial charge is 0.264 e. The number of nitrogens with zero attached hydrogens (tertiary/aromatic N) is 3. The van der Waals surface area contributed by atoms with Crippen LogP contribution in [0.5, 0.6) is 5.75 Å². The normalized spacial score (nSPS) is 11.6. The lowest BCUT2D eigenvalue weighted by Crippen LogP contribution is -2.16. The Morgan fingerprint density at radius 2 is 1.81 bits per heavy atom. The Balaban J connectivity index is 1.51. The van der Waals surface area contributed by atoms with Crippen molar-refractivity contribution in [2.45, 2.75) is 13.2 Å². The molecule has 0 unspecified atom stereocenters. The van der Waals surface area contributed by atoms with Gasteiger partial charge in [0.1, 0.15) is 24.8 Å². The van der Waals surface area contributed by atoms with Gasteiger partial charge in [0, 0.05) is 29.5 Å². The van der Waals surface area contributed by atoms with Crippen molar-refractivity contribution in [2.75, 3.05) is 6.26 Å². The fraction of sp³-hybridized carbons (Fsp3) is 0.136. The van der Waals surface area contributed by atoms with Crippen LogP contribution in [0.4, 0.5) is 4.39 Å². The van der Waals surface area contributed by atoms with Gasteiger partial charge < -0.3 is 4.74 Å². The van der Waals surface area contributed by atoms with Crippen LogP contribution in [-0.2, 0) is 27.5 Å². The van der Waals surface area contributed by atoms with Gasteiger partial charge in [-0.2, -0.15) is 8.42 Å². The second kappa shape index (κ2) is 8.85. The molecule has 0 fully saturated rings. The summed E-state index contributed by atoms with van der Waals surface area (Å²) in [6, 6.07) is 14.1. The van der Waals surface area contributed by atoms with E-state index in [1.165, 1.54) is 29.0 Å². The van der Waals surface area contributed by atoms with Crippen LogP contribution in [0.2, 0.25) is 0 Å². The Labute approximate surface area is 183 Å². The van der Waals surface area contributed by atoms with Crippen LogP contribution in [0, 0.1) is 5.82 Å². The van der Waals surface area contributed by atoms with E-state index >= 15 is 0 Å². The number of fused-ring (bicyclic) bond motifs is 1. The lowest BCUT2D eigenvalue weighted by molar-refractivity contribution is 0.302. The zero-order valence-corrected chi connectivity index (χ0v) is 17.8. The Hall–Kier alpha value is -3.63. The van der Waals surface area contributed by atoms with Gasteiger partial charge in [-0.1, -0.05) is 12.1 Å². The molecule has 0 radical (unpaired) electrons. The van der Waals surface area contributed by atoms with Crippen LogP contribution >= 0.6 is 0 Å². The topological polar surface area (TPSA) is 100 Å². The molecule has 0 aliphatic carbocycles. The summed E-state index contributed by atoms with van der Waals surface area (Å²) in [6.07, 6.45) is 4.09. The molecular weight excluding hydrogens is 437 g/mol. The van der Waals surface area contributed by atoms with E-state index in [4.69, 9.17) is 8.92 Å². The molecule has 0 N–H and O–H groups in total. The highest BCUT2D eigenvalue weighted by atomic mass is 32.2. The third kappa shape index (κ3) is 5.34. The van der Waals surface area contributed by atoms with Gasteiger partial charge in [0.2, 0.25) is 0 Å². The van der Waals surface area contributed by atoms with E-state index in [0.29, 0.717) is 22.3 Å². The SMILES string of the molecule is CS(=O)(=O)OCc1ncc2cc(-n3ccc(OCc4ccc(F)cc4)cc3=O)ccc2n1. The van der Waals surface area contributed by atoms with Gasteiger partial charge in [0.25, 0.3) is 15.7 Å². The van der Waals surface area contributed by atoms with Gasteiger partial charge in [-0.3, -0.25) is 13.5 Å². The van der Waals surface area contributed by atoms with Gasteiger partial charge in [0.05, 0.1) is 11.8 Å². The molecule has 4 rings (SSSR count). The van der Waals surface area contributed by atoms with Crippen molar-refractivity contribution < 1.29 is 21.7 Å². The molecule has 0 atom stereocenters. The molecular formula is C22H18FN3O5S. The molecule has 0 saturated carbocycles. The van der Waals surface area contributed by atoms with Crippen molar-refractivity contribution >= 4 is 21.0 Å². The molecule has 0 saturated heterocycles. The van der Waals surface area contributed by atoms with Crippen molar-refractivity contribution in [3.05, 3.63) is 94.5 Å². The van der Waals surface area contributed by atoms with Crippen molar-refractivity contribution in [2.24, 2.45) is 0 Å². The molecule has 2 aromatic heterocycles. The Morgan fingerprint density at radius 1 is 1.03 bits per heavy atom. The molecule has 0 spiro atoms. The number of benzene rings is 2. The quantitative estimate of drug-likeness (QED) is 0.395. The standard InChI is InChI=1S/C22H18FN3O5S/c1-32(28,29)31-14-21-24-12-16-10-18(6-7-20(16)25-21)26-9-8-19(11-22(26)27)30-13-15-2-4-17(23)5-3-15/h2-12H,13-14H2,1H3. The zero-order chi connectivity index (χ0) is 22.7. The lowest BCUT2D eigenvalue weighted by Gasteiger charge is -2.10. The third-order valence-electron chi connectivity index (χ3n) is 4.50. The second-order valence-electron chi connectivity index (χ2n) is 6.98. The summed E-state index contributed by atoms with van der Waals surface area (Å²) < 4.78 is 47.0. The zero-order valence-electron chi connectivity index (χ0n) is 16.9. The number of rotatable bonds is 7. The second-order valence-corrected chi connectivity index (χ2v) is 8.63. The number of hydrogen-bond donors (Lipinski definition) is 0. The van der Waals surface area contributed by atoms with Gasteiger partial charge in [-0.15, -0.1) is 0 Å². The molecule has 0 aliphatic rings. The molecule has 0 aliphatic heterocycles. The van der Waals surface area contributed by atoms with Gasteiger partial charge in [0.15, 0.2) is 5.82 Å². The number of hydrogen-bond acceptors (Lipinski definition) is 7. The minimum atomic E-state index is -3.59. The average molecular weight is 455 g/mol. The van der Waals surface area contributed by atoms with Crippen LogP contribution in [0.1, 0.15) is 11.4 Å². The predicted molar refractivity (Wildman–Crippen MR) is 115 cm³/mol. The number of pyridine rings is 1. The Bertz CT molecular complexity index is 1440. The number of halogens is 1. The summed E-state index contributed by atoms with van der Waals surface area (Å²) >= 11 is 0. The summed E-state index contributed by atoms with van der Waals surface area (Å²) in [5, 5.41) is 0.675. The Kier molecular flexibility index (Phi) is 5.97. The van der Waals surface area contributed by atoms with Crippen molar-refractivity contribution in [1.82, 2.24) is 14.5 Å². The summed E-state index contributed by atoms with van der Waals surface area (Å²) in [4.78, 5) is 21.0. The minimum Gasteiger partial charge on any atom is -0.489 e. The minimum absolute atomic E-state index is 0.211. The maximum Gasteiger partial charge on any atom is 0.264 e. The van der Waals surface area contributed by atoms with Crippen LogP contribution < -0.4 is 10.3 Å². The lowest BCUT2D eigenvalue weighted by atomic mass is 10.2. The molecule has 8 nitrogen and oxygen atoms in total. The van der Waals surface area contributed by atoms with Crippen LogP contribution in [-0.4, -0.2) is 29.2 Å². The molecule has 32 heavy (non-hydrogen) atoms. The van der Waals surface area contributed by atoms with Crippen molar-refractivity contribution in [1.29, 1.82) is 0 Å². The van der Waals surface area contributed by atoms with Gasteiger partial charge in [-0.05, 0) is 42.0 Å². The molecule has 0 amide bonds. The third-order valence-corrected chi connectivity index (χ3v) is 5.05. The molecule has 10 heteroatoms. The van der Waals surface area contributed by atoms with Crippen LogP contribution in [0.15, 0.2) is 71.8 Å². The number of aromatic nitrogens is 3. The van der Waals surface area contributed by atoms with E-state index in [9.17, 15) is 17.6 Å². The molecule has 164 valence electrons. The maximum atomic E-state index is 13.0. The van der Waals surface area contributed by atoms with E-state index in [0.717, 1.165) is 11.8 Å². The summed E-state index contributed by atoms with van der Waals surface area (Å²) in [6.45, 7) is -0.0439. The fourth-order valence-electron chi connectivity index (χ4n) is 2.95. The summed E-state index contributed by atoms with van der Waals surface area (Å²) in [5.41, 5.74) is 1.69. The first-order valence-electron chi connectivity index (χ1n) is 9.47. The number of ether oxygens (including phenoxy) is 1. The van der Waals surface area contributed by atoms with E-state index < -0.39 is 10.1 Å². The predicted octanol–water partition coefficient (Wildman–Crippen LogP) is 2.98. The van der Waals surface area contributed by atoms with Gasteiger partial charge >= 0.3 is 0 Å². The maximum absolute atomic E-state index is 13.0. The van der Waals surface area contributed by atoms with E-state index in [2.05, 4.69) is 9.97 Å². The first-order chi connectivity index (χ1) is 15.3. The van der Waals surface area contributed by atoms with E-state index in [1.807, 2.05) is 0 Å². The van der Waals surface area contributed by atoms with Crippen LogP contribution in [0.3, 0.4) is 0 Å². The van der Waals surface area contributed by atoms with Crippen LogP contribution in [0.25, 0.3) is 16.6 Å². The highest BCUT2D eigenvalue weighted by Crippen LogP contribution is 2.18. The first kappa shape index (κ1) is 21.6. The first-order valence-corrected chi connectivity index (χ1v) is 11.3. The summed E-state index contributed by atoms with van der Waals surface area (Å²) in [7, 11) is -3.59. The largest absolute Gasteiger partial charge is 0.489 e. The Morgan fingerprint density at radius 3 is 2.53 bits per heavy atom. The summed E-state index contributed by atoms with van der Waals surface area (Å²) in [5.74, 6) is 0.307. The van der Waals surface area contributed by atoms with E-state index in [-0.39, 0.29) is 30.4 Å². The van der Waals surface area contributed by atoms with Gasteiger partial charge in [-0.25, -0.2) is 14.4 Å². The highest BCUT2D eigenvalue weighted by molar-refractivity contribution is 7.85. The molecule has 2 heterocycles. The molecule has 4 aromatic rings.